The van der Waals surface area contributed by atoms with E-state index in [0.717, 1.165) is 28.6 Å². The topological polar surface area (TPSA) is 106 Å². The number of anilines is 1. The minimum atomic E-state index is -0.266. The number of aromatic nitrogens is 2. The van der Waals surface area contributed by atoms with Crippen LogP contribution in [0.15, 0.2) is 52.1 Å². The highest BCUT2D eigenvalue weighted by atomic mass is 32.2. The van der Waals surface area contributed by atoms with Crippen LogP contribution in [0.4, 0.5) is 5.69 Å². The van der Waals surface area contributed by atoms with Crippen LogP contribution in [0.3, 0.4) is 0 Å². The molecule has 0 bridgehead atoms. The average molecular weight is 426 g/mol. The monoisotopic (exact) mass is 426 g/mol. The average Bonchev–Trinajstić information content (AvgIpc) is 3.21. The standard InChI is InChI=1S/C21H22N4O4S/c1-13-4-5-14(2)17(10-13)23-18(26)12-30-21-25-24-19(29-21)11-22-20(27)15-6-8-16(28-3)9-7-15/h4-10H,11-12H2,1-3H3,(H,22,27)(H,23,26). The third-order valence-electron chi connectivity index (χ3n) is 4.19. The Morgan fingerprint density at radius 1 is 1.10 bits per heavy atom. The lowest BCUT2D eigenvalue weighted by Crippen LogP contribution is -2.22. The Labute approximate surface area is 178 Å². The minimum Gasteiger partial charge on any atom is -0.497 e. The summed E-state index contributed by atoms with van der Waals surface area (Å²) in [5.41, 5.74) is 3.34. The molecular formula is C21H22N4O4S. The molecule has 0 aliphatic carbocycles. The van der Waals surface area contributed by atoms with Crippen LogP contribution < -0.4 is 15.4 Å². The molecule has 0 fully saturated rings. The number of rotatable bonds is 8. The van der Waals surface area contributed by atoms with Crippen molar-refractivity contribution in [2.45, 2.75) is 25.6 Å². The number of ether oxygens (including phenoxy) is 1. The molecule has 0 aliphatic rings. The van der Waals surface area contributed by atoms with Crippen LogP contribution in [-0.4, -0.2) is 34.9 Å². The molecule has 3 aromatic rings. The van der Waals surface area contributed by atoms with Gasteiger partial charge in [0.25, 0.3) is 11.1 Å². The molecule has 0 saturated carbocycles. The van der Waals surface area contributed by atoms with Gasteiger partial charge in [-0.2, -0.15) is 0 Å². The Balaban J connectivity index is 1.47. The number of carbonyl (C=O) groups is 2. The molecule has 0 spiro atoms. The van der Waals surface area contributed by atoms with E-state index in [1.165, 1.54) is 0 Å². The van der Waals surface area contributed by atoms with E-state index in [0.29, 0.717) is 11.3 Å². The summed E-state index contributed by atoms with van der Waals surface area (Å²) < 4.78 is 10.5. The third kappa shape index (κ3) is 5.84. The van der Waals surface area contributed by atoms with Gasteiger partial charge in [-0.3, -0.25) is 9.59 Å². The third-order valence-corrected chi connectivity index (χ3v) is 5.01. The zero-order valence-electron chi connectivity index (χ0n) is 16.9. The second-order valence-corrected chi connectivity index (χ2v) is 7.45. The van der Waals surface area contributed by atoms with Gasteiger partial charge in [-0.15, -0.1) is 10.2 Å². The van der Waals surface area contributed by atoms with Gasteiger partial charge in [0.2, 0.25) is 11.8 Å². The van der Waals surface area contributed by atoms with Gasteiger partial charge in [-0.05, 0) is 55.3 Å². The summed E-state index contributed by atoms with van der Waals surface area (Å²) in [7, 11) is 1.56. The summed E-state index contributed by atoms with van der Waals surface area (Å²) in [4.78, 5) is 24.4. The zero-order chi connectivity index (χ0) is 21.5. The van der Waals surface area contributed by atoms with Crippen molar-refractivity contribution < 1.29 is 18.7 Å². The molecule has 8 nitrogen and oxygen atoms in total. The largest absolute Gasteiger partial charge is 0.497 e. The fraction of sp³-hybridized carbons (Fsp3) is 0.238. The molecule has 30 heavy (non-hydrogen) atoms. The Morgan fingerprint density at radius 3 is 2.60 bits per heavy atom. The SMILES string of the molecule is COc1ccc(C(=O)NCc2nnc(SCC(=O)Nc3cc(C)ccc3C)o2)cc1. The van der Waals surface area contributed by atoms with Crippen LogP contribution >= 0.6 is 11.8 Å². The molecule has 1 aromatic heterocycles. The van der Waals surface area contributed by atoms with Gasteiger partial charge < -0.3 is 19.8 Å². The minimum absolute atomic E-state index is 0.0904. The molecule has 0 radical (unpaired) electrons. The van der Waals surface area contributed by atoms with Gasteiger partial charge in [0.1, 0.15) is 5.75 Å². The first-order valence-corrected chi connectivity index (χ1v) is 10.2. The fourth-order valence-electron chi connectivity index (χ4n) is 2.55. The van der Waals surface area contributed by atoms with Crippen molar-refractivity contribution in [1.82, 2.24) is 15.5 Å². The first-order chi connectivity index (χ1) is 14.4. The highest BCUT2D eigenvalue weighted by Gasteiger charge is 2.12. The highest BCUT2D eigenvalue weighted by Crippen LogP contribution is 2.19. The van der Waals surface area contributed by atoms with E-state index in [2.05, 4.69) is 20.8 Å². The number of nitrogens with one attached hydrogen (secondary N) is 2. The maximum atomic E-state index is 12.2. The summed E-state index contributed by atoms with van der Waals surface area (Å²) in [6.07, 6.45) is 0. The van der Waals surface area contributed by atoms with E-state index in [4.69, 9.17) is 9.15 Å². The van der Waals surface area contributed by atoms with Gasteiger partial charge in [0.05, 0.1) is 19.4 Å². The smallest absolute Gasteiger partial charge is 0.277 e. The van der Waals surface area contributed by atoms with E-state index in [1.54, 1.807) is 31.4 Å². The molecule has 0 unspecified atom stereocenters. The number of methoxy groups -OCH3 is 1. The first-order valence-electron chi connectivity index (χ1n) is 9.19. The molecule has 0 saturated heterocycles. The summed E-state index contributed by atoms with van der Waals surface area (Å²) in [5.74, 6) is 0.632. The number of aryl methyl sites for hydroxylation is 2. The number of thioether (sulfide) groups is 1. The van der Waals surface area contributed by atoms with Gasteiger partial charge >= 0.3 is 0 Å². The molecule has 2 amide bonds. The lowest BCUT2D eigenvalue weighted by Gasteiger charge is -2.08. The number of amides is 2. The predicted octanol–water partition coefficient (Wildman–Crippen LogP) is 3.36. The van der Waals surface area contributed by atoms with Crippen molar-refractivity contribution in [1.29, 1.82) is 0 Å². The van der Waals surface area contributed by atoms with Crippen LogP contribution in [0, 0.1) is 13.8 Å². The normalized spacial score (nSPS) is 10.5. The molecule has 2 aromatic carbocycles. The second kappa shape index (κ2) is 9.93. The van der Waals surface area contributed by atoms with Crippen LogP contribution in [0.25, 0.3) is 0 Å². The molecule has 3 rings (SSSR count). The number of benzene rings is 2. The van der Waals surface area contributed by atoms with Gasteiger partial charge in [-0.25, -0.2) is 0 Å². The van der Waals surface area contributed by atoms with E-state index in [9.17, 15) is 9.59 Å². The highest BCUT2D eigenvalue weighted by molar-refractivity contribution is 7.99. The Morgan fingerprint density at radius 2 is 1.87 bits per heavy atom. The zero-order valence-corrected chi connectivity index (χ0v) is 17.7. The van der Waals surface area contributed by atoms with E-state index in [-0.39, 0.29) is 35.2 Å². The Bertz CT molecular complexity index is 1030. The molecule has 0 aliphatic heterocycles. The first kappa shape index (κ1) is 21.4. The molecule has 156 valence electrons. The Hall–Kier alpha value is -3.33. The van der Waals surface area contributed by atoms with Crippen LogP contribution in [0.5, 0.6) is 5.75 Å². The summed E-state index contributed by atoms with van der Waals surface area (Å²) in [6, 6.07) is 12.6. The summed E-state index contributed by atoms with van der Waals surface area (Å²) in [6.45, 7) is 4.00. The van der Waals surface area contributed by atoms with Crippen molar-refractivity contribution in [2.24, 2.45) is 0 Å². The second-order valence-electron chi connectivity index (χ2n) is 6.53. The van der Waals surface area contributed by atoms with Crippen molar-refractivity contribution in [2.75, 3.05) is 18.2 Å². The molecule has 9 heteroatoms. The van der Waals surface area contributed by atoms with E-state index in [1.807, 2.05) is 32.0 Å². The maximum Gasteiger partial charge on any atom is 0.277 e. The van der Waals surface area contributed by atoms with Crippen LogP contribution in [0.1, 0.15) is 27.4 Å². The number of nitrogens with zero attached hydrogens (tertiary/aromatic N) is 2. The predicted molar refractivity (Wildman–Crippen MR) is 114 cm³/mol. The fourth-order valence-corrected chi connectivity index (χ4v) is 3.13. The number of hydrogen-bond donors (Lipinski definition) is 2. The lowest BCUT2D eigenvalue weighted by molar-refractivity contribution is -0.113. The molecule has 1 heterocycles. The quantitative estimate of drug-likeness (QED) is 0.532. The van der Waals surface area contributed by atoms with Crippen LogP contribution in [0.2, 0.25) is 0 Å². The molecule has 2 N–H and O–H groups in total. The van der Waals surface area contributed by atoms with E-state index < -0.39 is 0 Å². The summed E-state index contributed by atoms with van der Waals surface area (Å²) in [5, 5.41) is 13.6. The van der Waals surface area contributed by atoms with Crippen LogP contribution in [-0.2, 0) is 11.3 Å². The molecule has 0 atom stereocenters. The molecular weight excluding hydrogens is 404 g/mol. The van der Waals surface area contributed by atoms with E-state index >= 15 is 0 Å². The van der Waals surface area contributed by atoms with Crippen molar-refractivity contribution >= 4 is 29.3 Å². The lowest BCUT2D eigenvalue weighted by atomic mass is 10.1. The number of carbonyl (C=O) groups excluding carboxylic acids is 2. The van der Waals surface area contributed by atoms with Crippen molar-refractivity contribution in [3.63, 3.8) is 0 Å². The Kier molecular flexibility index (Phi) is 7.08. The summed E-state index contributed by atoms with van der Waals surface area (Å²) >= 11 is 1.13. The maximum absolute atomic E-state index is 12.2. The van der Waals surface area contributed by atoms with Crippen molar-refractivity contribution in [3.05, 3.63) is 65.0 Å². The van der Waals surface area contributed by atoms with Crippen molar-refractivity contribution in [3.8, 4) is 5.75 Å². The van der Waals surface area contributed by atoms with Gasteiger partial charge in [-0.1, -0.05) is 23.9 Å². The number of hydrogen-bond acceptors (Lipinski definition) is 7. The van der Waals surface area contributed by atoms with Gasteiger partial charge in [0, 0.05) is 11.3 Å². The van der Waals surface area contributed by atoms with Gasteiger partial charge in [0.15, 0.2) is 0 Å².